The molecule has 5 heteroatoms. The molecule has 0 fully saturated rings. The maximum Gasteiger partial charge on any atom is 0.266 e. The van der Waals surface area contributed by atoms with Crippen LogP contribution in [0.2, 0.25) is 0 Å². The minimum absolute atomic E-state index is 0.106. The van der Waals surface area contributed by atoms with E-state index in [1.54, 1.807) is 4.90 Å². The molecule has 0 aliphatic rings. The number of nitrogens with two attached hydrogens (primary N) is 1. The summed E-state index contributed by atoms with van der Waals surface area (Å²) in [5, 5.41) is 0.896. The quantitative estimate of drug-likeness (QED) is 0.873. The van der Waals surface area contributed by atoms with Crippen molar-refractivity contribution in [2.45, 2.75) is 6.92 Å². The van der Waals surface area contributed by atoms with E-state index in [-0.39, 0.29) is 5.91 Å². The molecule has 98 valence electrons. The fourth-order valence-electron chi connectivity index (χ4n) is 1.87. The molecule has 3 nitrogen and oxygen atoms in total. The van der Waals surface area contributed by atoms with Gasteiger partial charge >= 0.3 is 0 Å². The van der Waals surface area contributed by atoms with E-state index in [4.69, 9.17) is 12.2 Å². The molecule has 0 unspecified atom stereocenters. The number of terminal acetylenes is 1. The normalized spacial score (nSPS) is 10.4. The van der Waals surface area contributed by atoms with Crippen LogP contribution in [-0.4, -0.2) is 23.9 Å². The molecule has 19 heavy (non-hydrogen) atoms. The third-order valence-electron chi connectivity index (χ3n) is 2.85. The van der Waals surface area contributed by atoms with Crippen molar-refractivity contribution in [3.63, 3.8) is 0 Å². The molecule has 0 saturated carbocycles. The van der Waals surface area contributed by atoms with E-state index in [1.807, 2.05) is 25.1 Å². The molecule has 2 aromatic rings. The highest BCUT2D eigenvalue weighted by Crippen LogP contribution is 2.38. The molecule has 0 saturated heterocycles. The number of thiophene rings is 1. The first-order chi connectivity index (χ1) is 9.10. The van der Waals surface area contributed by atoms with Gasteiger partial charge in [0.05, 0.1) is 12.2 Å². The lowest BCUT2D eigenvalue weighted by molar-refractivity contribution is 0.0790. The predicted octanol–water partition coefficient (Wildman–Crippen LogP) is 3.34. The Morgan fingerprint density at radius 1 is 1.58 bits per heavy atom. The molecular formula is C14H13BrN2OS. The van der Waals surface area contributed by atoms with E-state index in [0.29, 0.717) is 23.7 Å². The first kappa shape index (κ1) is 13.9. The van der Waals surface area contributed by atoms with Crippen molar-refractivity contribution >= 4 is 48.9 Å². The summed E-state index contributed by atoms with van der Waals surface area (Å²) in [6.45, 7) is 2.76. The molecule has 0 radical (unpaired) electrons. The van der Waals surface area contributed by atoms with E-state index >= 15 is 0 Å². The minimum atomic E-state index is -0.106. The van der Waals surface area contributed by atoms with Crippen molar-refractivity contribution in [1.29, 1.82) is 0 Å². The molecule has 2 rings (SSSR count). The second-order valence-corrected chi connectivity index (χ2v) is 5.89. The van der Waals surface area contributed by atoms with Crippen LogP contribution in [0.1, 0.15) is 16.6 Å². The van der Waals surface area contributed by atoms with Crippen LogP contribution in [0.25, 0.3) is 10.1 Å². The molecule has 0 aliphatic heterocycles. The lowest BCUT2D eigenvalue weighted by atomic mass is 10.2. The Kier molecular flexibility index (Phi) is 4.13. The smallest absolute Gasteiger partial charge is 0.266 e. The first-order valence-corrected chi connectivity index (χ1v) is 7.40. The number of nitrogens with zero attached hydrogens (tertiary/aromatic N) is 1. The average Bonchev–Trinajstić information content (AvgIpc) is 2.74. The summed E-state index contributed by atoms with van der Waals surface area (Å²) in [5.41, 5.74) is 6.63. The largest absolute Gasteiger partial charge is 0.397 e. The van der Waals surface area contributed by atoms with E-state index in [0.717, 1.165) is 14.6 Å². The molecule has 2 N–H and O–H groups in total. The van der Waals surface area contributed by atoms with Gasteiger partial charge in [-0.2, -0.15) is 0 Å². The van der Waals surface area contributed by atoms with Gasteiger partial charge in [0.25, 0.3) is 5.91 Å². The number of anilines is 1. The van der Waals surface area contributed by atoms with Crippen LogP contribution in [-0.2, 0) is 0 Å². The molecule has 1 aromatic heterocycles. The zero-order chi connectivity index (χ0) is 14.0. The Balaban J connectivity index is 2.52. The van der Waals surface area contributed by atoms with E-state index < -0.39 is 0 Å². The number of halogens is 1. The van der Waals surface area contributed by atoms with Crippen molar-refractivity contribution in [3.05, 3.63) is 27.5 Å². The van der Waals surface area contributed by atoms with Gasteiger partial charge in [-0.15, -0.1) is 17.8 Å². The average molecular weight is 337 g/mol. The van der Waals surface area contributed by atoms with Gasteiger partial charge in [0, 0.05) is 21.1 Å². The number of amides is 1. The zero-order valence-corrected chi connectivity index (χ0v) is 12.8. The maximum absolute atomic E-state index is 12.4. The number of rotatable bonds is 3. The highest BCUT2D eigenvalue weighted by atomic mass is 79.9. The summed E-state index contributed by atoms with van der Waals surface area (Å²) in [7, 11) is 0. The van der Waals surface area contributed by atoms with Gasteiger partial charge in [-0.05, 0) is 19.1 Å². The van der Waals surface area contributed by atoms with Crippen LogP contribution in [0.5, 0.6) is 0 Å². The van der Waals surface area contributed by atoms with E-state index in [2.05, 4.69) is 21.9 Å². The standard InChI is InChI=1S/C14H13BrN2OS/c1-3-8-17(4-2)14(18)13-12(16)11-9(15)6-5-7-10(11)19-13/h1,5-7H,4,8,16H2,2H3. The molecule has 0 atom stereocenters. The lowest BCUT2D eigenvalue weighted by Crippen LogP contribution is -2.30. The second kappa shape index (κ2) is 5.64. The predicted molar refractivity (Wildman–Crippen MR) is 84.3 cm³/mol. The van der Waals surface area contributed by atoms with Crippen LogP contribution in [0.4, 0.5) is 5.69 Å². The topological polar surface area (TPSA) is 46.3 Å². The SMILES string of the molecule is C#CCN(CC)C(=O)c1sc2cccc(Br)c2c1N. The molecule has 1 heterocycles. The van der Waals surface area contributed by atoms with Crippen molar-refractivity contribution in [2.75, 3.05) is 18.8 Å². The summed E-state index contributed by atoms with van der Waals surface area (Å²) in [5.74, 6) is 2.39. The number of hydrogen-bond donors (Lipinski definition) is 1. The third-order valence-corrected chi connectivity index (χ3v) is 4.67. The fraction of sp³-hybridized carbons (Fsp3) is 0.214. The monoisotopic (exact) mass is 336 g/mol. The zero-order valence-electron chi connectivity index (χ0n) is 10.4. The molecule has 0 aliphatic carbocycles. The Morgan fingerprint density at radius 2 is 2.32 bits per heavy atom. The van der Waals surface area contributed by atoms with Gasteiger partial charge in [-0.1, -0.05) is 27.9 Å². The van der Waals surface area contributed by atoms with Crippen LogP contribution >= 0.6 is 27.3 Å². The lowest BCUT2D eigenvalue weighted by Gasteiger charge is -2.17. The van der Waals surface area contributed by atoms with Gasteiger partial charge in [0.15, 0.2) is 0 Å². The number of hydrogen-bond acceptors (Lipinski definition) is 3. The van der Waals surface area contributed by atoms with Crippen molar-refractivity contribution < 1.29 is 4.79 Å². The number of nitrogen functional groups attached to an aromatic ring is 1. The molecule has 1 aromatic carbocycles. The Labute approximate surface area is 124 Å². The number of carbonyl (C=O) groups excluding carboxylic acids is 1. The summed E-state index contributed by atoms with van der Waals surface area (Å²) >= 11 is 4.87. The van der Waals surface area contributed by atoms with Crippen molar-refractivity contribution in [1.82, 2.24) is 4.90 Å². The number of carbonyl (C=O) groups is 1. The summed E-state index contributed by atoms with van der Waals surface area (Å²) < 4.78 is 1.89. The third kappa shape index (κ3) is 2.46. The number of benzene rings is 1. The van der Waals surface area contributed by atoms with E-state index in [1.165, 1.54) is 11.3 Å². The molecular weight excluding hydrogens is 324 g/mol. The summed E-state index contributed by atoms with van der Waals surface area (Å²) in [6.07, 6.45) is 5.28. The molecule has 0 spiro atoms. The van der Waals surface area contributed by atoms with Gasteiger partial charge in [-0.25, -0.2) is 0 Å². The van der Waals surface area contributed by atoms with Crippen molar-refractivity contribution in [2.24, 2.45) is 0 Å². The van der Waals surface area contributed by atoms with E-state index in [9.17, 15) is 4.79 Å². The van der Waals surface area contributed by atoms with Crippen LogP contribution in [0, 0.1) is 12.3 Å². The Hall–Kier alpha value is -1.51. The van der Waals surface area contributed by atoms with Crippen LogP contribution < -0.4 is 5.73 Å². The van der Waals surface area contributed by atoms with Crippen molar-refractivity contribution in [3.8, 4) is 12.3 Å². The Morgan fingerprint density at radius 3 is 2.89 bits per heavy atom. The minimum Gasteiger partial charge on any atom is -0.397 e. The van der Waals surface area contributed by atoms with Gasteiger partial charge in [0.2, 0.25) is 0 Å². The second-order valence-electron chi connectivity index (χ2n) is 3.98. The van der Waals surface area contributed by atoms with Gasteiger partial charge < -0.3 is 10.6 Å². The molecule has 0 bridgehead atoms. The molecule has 1 amide bonds. The van der Waals surface area contributed by atoms with Crippen LogP contribution in [0.3, 0.4) is 0 Å². The maximum atomic E-state index is 12.4. The highest BCUT2D eigenvalue weighted by Gasteiger charge is 2.21. The Bertz CT molecular complexity index is 672. The highest BCUT2D eigenvalue weighted by molar-refractivity contribution is 9.10. The summed E-state index contributed by atoms with van der Waals surface area (Å²) in [4.78, 5) is 14.6. The van der Waals surface area contributed by atoms with Crippen LogP contribution in [0.15, 0.2) is 22.7 Å². The van der Waals surface area contributed by atoms with Gasteiger partial charge in [-0.3, -0.25) is 4.79 Å². The summed E-state index contributed by atoms with van der Waals surface area (Å²) in [6, 6.07) is 5.80. The fourth-order valence-corrected chi connectivity index (χ4v) is 3.70. The first-order valence-electron chi connectivity index (χ1n) is 5.79. The van der Waals surface area contributed by atoms with Gasteiger partial charge in [0.1, 0.15) is 4.88 Å². The number of fused-ring (bicyclic) bond motifs is 1.